The molecule has 0 spiro atoms. The van der Waals surface area contributed by atoms with Gasteiger partial charge in [0.2, 0.25) is 0 Å². The van der Waals surface area contributed by atoms with Crippen LogP contribution in [-0.2, 0) is 119 Å². The van der Waals surface area contributed by atoms with Gasteiger partial charge in [-0.15, -0.1) is 0 Å². The van der Waals surface area contributed by atoms with Gasteiger partial charge in [0.25, 0.3) is 11.6 Å². The van der Waals surface area contributed by atoms with Gasteiger partial charge in [-0.2, -0.15) is 0 Å². The first-order valence-corrected chi connectivity index (χ1v) is 47.1. The number of rotatable bonds is 39. The van der Waals surface area contributed by atoms with Gasteiger partial charge in [-0.1, -0.05) is 27.7 Å². The molecule has 12 heterocycles. The van der Waals surface area contributed by atoms with Gasteiger partial charge < -0.3 is 294 Å². The minimum atomic E-state index is -2.98. The lowest BCUT2D eigenvalue weighted by atomic mass is 9.88. The molecule has 61 heteroatoms. The normalized spacial score (nSPS) is 51.5. The van der Waals surface area contributed by atoms with Gasteiger partial charge in [0.15, 0.2) is 56.6 Å². The van der Waals surface area contributed by atoms with Gasteiger partial charge in [0, 0.05) is 36.5 Å². The predicted octanol–water partition coefficient (Wildman–Crippen LogP) is -21.6. The van der Waals surface area contributed by atoms with Gasteiger partial charge in [-0.25, -0.2) is 9.59 Å². The molecule has 12 fully saturated rings. The average molecular weight is 2110 g/mol. The molecule has 0 aromatic heterocycles. The monoisotopic (exact) mass is 2110 g/mol. The summed E-state index contributed by atoms with van der Waals surface area (Å²) in [6.45, 7) is -3.46. The summed E-state index contributed by atoms with van der Waals surface area (Å²) in [6.07, 6.45) is -108. The van der Waals surface area contributed by atoms with Crippen molar-refractivity contribution in [1.82, 2.24) is 0 Å². The molecule has 0 amide bonds. The van der Waals surface area contributed by atoms with E-state index in [1.54, 1.807) is 13.8 Å². The van der Waals surface area contributed by atoms with Crippen LogP contribution in [0.1, 0.15) is 54.4 Å². The molecule has 0 aliphatic carbocycles. The van der Waals surface area contributed by atoms with Gasteiger partial charge in [0.1, 0.15) is 226 Å². The summed E-state index contributed by atoms with van der Waals surface area (Å²) in [5.74, 6) is -15.0. The van der Waals surface area contributed by atoms with Crippen molar-refractivity contribution in [2.24, 2.45) is 35.1 Å². The van der Waals surface area contributed by atoms with Crippen LogP contribution in [0.3, 0.4) is 0 Å². The average Bonchev–Trinajstić information content (AvgIpc) is 0.760. The topological polar surface area (TPSA) is 986 Å². The fourth-order valence-corrected chi connectivity index (χ4v) is 19.3. The molecule has 0 aromatic carbocycles. The van der Waals surface area contributed by atoms with Crippen molar-refractivity contribution in [3.8, 4) is 0 Å². The molecule has 62 atom stereocenters. The standard InChI is InChI=1S/C83H142N2O59/c1-20-24(5)126-38(17-122-74-58(114)53(109)45(101)25(6)127-74)65(41(20)97)136-71-21(2)42(98)64(34(15-92)130-71)139-77-61(117)68(140-79-70(57(113)49(105)31(12-89)129-79)142-73-23(4)44(100)63(33(14-91)132-73)138-76-60(116)55(111)51(107)37(135-76)19-125-83(81(120)121)8-27(94)40(85)67(144-83)47(103)29(96)10-87)52(108)35(133-77)16-123-78-69(56(112)48(104)30(11-88)128-78)141-72-22(3)43(99)62(32(13-90)131-72)137-75-59(115)54(110)50(106)36(134-75)18-124-82(80(118)119)7-26(93)39(84)66(143-82)46(102)28(95)9-86/h20-79,86-117H,7-19,84-85H2,1-6H3,(H,118,119)(H,120,121)/t20-,21+,22?,23+,24+,25+,26-,27-,28-,29-,30?,31-,32+,33?,34?,35?,36?,37?,38?,39-,40-,41?,42?,43?,44?,45-,46-,47-,48-,49-,50+,51+,52-,53?,54?,55+,56?,57?,58?,59+,60?,61-,62-,63-,64-,65-,66?,67?,68?,69-,70?,71+,72+,73+,74-,75+,76?,77+,78+,79-,82-,83-/m1/s1. The predicted molar refractivity (Wildman–Crippen MR) is 448 cm³/mol. The van der Waals surface area contributed by atoms with Crippen LogP contribution in [0.25, 0.3) is 0 Å². The third-order valence-corrected chi connectivity index (χ3v) is 28.9. The van der Waals surface area contributed by atoms with Crippen LogP contribution in [0.4, 0.5) is 0 Å². The number of hydrogen-bond donors (Lipinski definition) is 36. The Labute approximate surface area is 818 Å². The minimum absolute atomic E-state index is 0.529. The van der Waals surface area contributed by atoms with Gasteiger partial charge in [-0.05, 0) is 13.8 Å². The zero-order chi connectivity index (χ0) is 106. The highest BCUT2D eigenvalue weighted by atomic mass is 16.8. The number of aliphatic hydroxyl groups excluding tert-OH is 32. The Hall–Kier alpha value is -3.34. The van der Waals surface area contributed by atoms with Crippen LogP contribution in [0.2, 0.25) is 0 Å². The Morgan fingerprint density at radius 1 is 0.285 bits per heavy atom. The molecular weight excluding hydrogens is 1970 g/mol. The number of hydrogen-bond acceptors (Lipinski definition) is 59. The summed E-state index contributed by atoms with van der Waals surface area (Å²) in [5.41, 5.74) is 12.0. The largest absolute Gasteiger partial charge is 0.477 e. The summed E-state index contributed by atoms with van der Waals surface area (Å²) >= 11 is 0. The molecule has 23 unspecified atom stereocenters. The van der Waals surface area contributed by atoms with E-state index < -0.39 is 476 Å². The highest BCUT2D eigenvalue weighted by Crippen LogP contribution is 2.45. The maximum atomic E-state index is 12.9. The van der Waals surface area contributed by atoms with Gasteiger partial charge >= 0.3 is 11.9 Å². The Balaban J connectivity index is 0.791. The molecule has 0 aromatic rings. The van der Waals surface area contributed by atoms with E-state index in [1.807, 2.05) is 0 Å². The lowest BCUT2D eigenvalue weighted by Gasteiger charge is -2.51. The highest BCUT2D eigenvalue weighted by molar-refractivity contribution is 5.76. The molecule has 144 heavy (non-hydrogen) atoms. The number of carboxylic acid groups (broad SMARTS) is 2. The Kier molecular flexibility index (Phi) is 41.8. The van der Waals surface area contributed by atoms with Gasteiger partial charge in [0.05, 0.1) is 134 Å². The molecule has 838 valence electrons. The summed E-state index contributed by atoms with van der Waals surface area (Å²) in [6, 6.07) is -3.19. The molecule has 61 nitrogen and oxygen atoms in total. The summed E-state index contributed by atoms with van der Waals surface area (Å²) < 4.78 is 138. The molecule has 12 aliphatic heterocycles. The van der Waals surface area contributed by atoms with E-state index in [4.69, 9.17) is 120 Å². The van der Waals surface area contributed by atoms with Crippen molar-refractivity contribution in [3.63, 3.8) is 0 Å². The molecule has 0 radical (unpaired) electrons. The number of nitrogens with two attached hydrogens (primary N) is 2. The highest BCUT2D eigenvalue weighted by Gasteiger charge is 2.64. The van der Waals surface area contributed by atoms with Crippen LogP contribution < -0.4 is 11.5 Å². The van der Waals surface area contributed by atoms with Crippen LogP contribution in [0.15, 0.2) is 0 Å². The quantitative estimate of drug-likeness (QED) is 0.0272. The molecule has 0 bridgehead atoms. The second-order valence-electron chi connectivity index (χ2n) is 38.6. The molecule has 0 saturated carbocycles. The van der Waals surface area contributed by atoms with Crippen LogP contribution >= 0.6 is 0 Å². The number of carbonyl (C=O) groups is 2. The van der Waals surface area contributed by atoms with Crippen LogP contribution in [-0.4, -0.2) is 613 Å². The lowest BCUT2D eigenvalue weighted by Crippen LogP contribution is -2.68. The summed E-state index contributed by atoms with van der Waals surface area (Å²) in [4.78, 5) is 25.7. The molecule has 12 saturated heterocycles. The number of aliphatic carboxylic acids is 2. The van der Waals surface area contributed by atoms with E-state index in [1.165, 1.54) is 27.7 Å². The van der Waals surface area contributed by atoms with E-state index in [2.05, 4.69) is 0 Å². The molecule has 12 aliphatic rings. The third-order valence-electron chi connectivity index (χ3n) is 28.9. The van der Waals surface area contributed by atoms with E-state index >= 15 is 0 Å². The number of ether oxygens (including phenoxy) is 23. The van der Waals surface area contributed by atoms with Crippen LogP contribution in [0, 0.1) is 23.7 Å². The molecular formula is C83H142N2O59. The zero-order valence-electron chi connectivity index (χ0n) is 78.4. The van der Waals surface area contributed by atoms with E-state index in [0.717, 1.165) is 0 Å². The number of carboxylic acids is 2. The SMILES string of the molecule is CC1C(O)[C@H](O[C@@H]2OC(CO[C@]3(C(=O)O)C[C@@H](O)[C@@H](N)C([C@H](O)[C@H](O)CO)O3)[C@H](O)C(O)[C@@H]2O)[C@H](CO)O[C@H]1O[C@@H]1C(O)[C@H](O)C(CO)O[C@@H]1OCC1O[C@@H](O[C@@H]2C(CO)O[C@@H](O[C@@H]3C(CO[C@@H]4O[C@@H](C)[C@@H](O)C(O)C4O)O[C@@H](C)[C@@H](C)C3O)[C@@H](C)C2O)[C@H](O)C(O[C@H]2O[C@H](CO)[C@@H](O)C(O)C2O[C@@H]2OC(CO)[C@@H](OC3OC(CO[C@]4(C(=O)O)C[C@@H](O)[C@@H](N)C([C@H](O)[C@H](O)CO)O4)[C@H](O)[C@H](O)C3O)C(O)[C@@H]2C)[C@@H]1O. The second kappa shape index (κ2) is 50.5. The molecule has 38 N–H and O–H groups in total. The maximum absolute atomic E-state index is 12.9. The van der Waals surface area contributed by atoms with Crippen molar-refractivity contribution in [3.05, 3.63) is 0 Å². The Morgan fingerprint density at radius 2 is 0.583 bits per heavy atom. The minimum Gasteiger partial charge on any atom is -0.477 e. The van der Waals surface area contributed by atoms with Crippen molar-refractivity contribution in [1.29, 1.82) is 0 Å². The van der Waals surface area contributed by atoms with Crippen LogP contribution in [0.5, 0.6) is 0 Å². The van der Waals surface area contributed by atoms with E-state index in [9.17, 15) is 183 Å². The second-order valence-corrected chi connectivity index (χ2v) is 38.6. The molecule has 12 rings (SSSR count). The zero-order valence-corrected chi connectivity index (χ0v) is 78.4. The van der Waals surface area contributed by atoms with Crippen molar-refractivity contribution in [2.45, 2.75) is 409 Å². The van der Waals surface area contributed by atoms with Crippen molar-refractivity contribution < 1.29 is 292 Å². The first-order valence-electron chi connectivity index (χ1n) is 47.1. The third kappa shape index (κ3) is 24.9. The smallest absolute Gasteiger partial charge is 0.364 e. The van der Waals surface area contributed by atoms with Gasteiger partial charge in [-0.3, -0.25) is 0 Å². The maximum Gasteiger partial charge on any atom is 0.364 e. The first-order chi connectivity index (χ1) is 67.8. The summed E-state index contributed by atoms with van der Waals surface area (Å²) in [7, 11) is 0. The van der Waals surface area contributed by atoms with E-state index in [0.29, 0.717) is 0 Å². The summed E-state index contributed by atoms with van der Waals surface area (Å²) in [5, 5.41) is 378. The lowest BCUT2D eigenvalue weighted by molar-refractivity contribution is -0.402. The number of aliphatic hydroxyl groups is 32. The Morgan fingerprint density at radius 3 is 0.972 bits per heavy atom. The van der Waals surface area contributed by atoms with Crippen molar-refractivity contribution in [2.75, 3.05) is 72.7 Å². The fraction of sp³-hybridized carbons (Fsp3) is 0.976. The van der Waals surface area contributed by atoms with E-state index in [-0.39, 0.29) is 0 Å². The fourth-order valence-electron chi connectivity index (χ4n) is 19.3. The first kappa shape index (κ1) is 119. The Bertz CT molecular complexity index is 3940. The van der Waals surface area contributed by atoms with Crippen molar-refractivity contribution >= 4 is 11.9 Å².